The van der Waals surface area contributed by atoms with E-state index in [0.29, 0.717) is 34.0 Å². The molecule has 7 aromatic rings. The second kappa shape index (κ2) is 11.1. The summed E-state index contributed by atoms with van der Waals surface area (Å²) in [6.07, 6.45) is 1.73. The highest BCUT2D eigenvalue weighted by molar-refractivity contribution is 6.09. The lowest BCUT2D eigenvalue weighted by Gasteiger charge is -2.25. The van der Waals surface area contributed by atoms with Crippen molar-refractivity contribution in [2.24, 2.45) is 0 Å². The summed E-state index contributed by atoms with van der Waals surface area (Å²) in [6, 6.07) is 32.9. The van der Waals surface area contributed by atoms with Gasteiger partial charge in [-0.2, -0.15) is 8.78 Å². The Balaban J connectivity index is 1.35. The molecule has 5 aromatic carbocycles. The van der Waals surface area contributed by atoms with E-state index in [-0.39, 0.29) is 17.8 Å². The summed E-state index contributed by atoms with van der Waals surface area (Å²) in [4.78, 5) is 7.77. The van der Waals surface area contributed by atoms with Crippen molar-refractivity contribution < 1.29 is 12.9 Å². The minimum absolute atomic E-state index is 0.00820. The summed E-state index contributed by atoms with van der Waals surface area (Å²) in [5.41, 5.74) is 8.40. The Morgan fingerprint density at radius 2 is 1.42 bits per heavy atom. The molecule has 6 heteroatoms. The normalized spacial score (nSPS) is 14.3. The van der Waals surface area contributed by atoms with E-state index in [1.54, 1.807) is 36.5 Å². The van der Waals surface area contributed by atoms with Crippen LogP contribution in [0.4, 0.5) is 25.8 Å². The van der Waals surface area contributed by atoms with Crippen molar-refractivity contribution in [2.45, 2.75) is 33.6 Å². The summed E-state index contributed by atoms with van der Waals surface area (Å²) in [5.74, 6) is -2.77. The van der Waals surface area contributed by atoms with E-state index in [9.17, 15) is 0 Å². The fraction of sp³-hybridized carbons (Fsp3) is 0.167. The first-order valence-electron chi connectivity index (χ1n) is 17.5. The first-order chi connectivity index (χ1) is 24.3. The minimum Gasteiger partial charge on any atom is -0.355 e. The molecule has 0 radical (unpaired) electrons. The standard InChI is InChI=1S/C42H36F2N4/c1-26-16-17-45-40(20-26)48-36-11-7-6-10-34(36)35-15-14-31(24-39(35)48)42(43,44)32-21-30(41-28(3)18-27(2)19-29(41)4)22-33(23-32)47-25-46(5)37-12-8-9-13-38(37)47/h6-24H,25H2,1-5H3/i5D3. The molecule has 0 bridgehead atoms. The molecule has 0 spiro atoms. The molecular weight excluding hydrogens is 598 g/mol. The Morgan fingerprint density at radius 1 is 0.688 bits per heavy atom. The molecule has 0 atom stereocenters. The van der Waals surface area contributed by atoms with Crippen LogP contribution in [-0.4, -0.2) is 23.2 Å². The highest BCUT2D eigenvalue weighted by atomic mass is 19.3. The van der Waals surface area contributed by atoms with E-state index in [0.717, 1.165) is 44.1 Å². The van der Waals surface area contributed by atoms with E-state index in [1.807, 2.05) is 91.8 Å². The molecule has 3 heterocycles. The van der Waals surface area contributed by atoms with Crippen molar-refractivity contribution in [3.8, 4) is 16.9 Å². The molecule has 0 saturated carbocycles. The molecule has 0 unspecified atom stereocenters. The van der Waals surface area contributed by atoms with Gasteiger partial charge in [-0.1, -0.05) is 60.2 Å². The van der Waals surface area contributed by atoms with Gasteiger partial charge in [-0.3, -0.25) is 4.57 Å². The van der Waals surface area contributed by atoms with Gasteiger partial charge in [0.15, 0.2) is 0 Å². The van der Waals surface area contributed by atoms with Gasteiger partial charge in [0.05, 0.1) is 29.1 Å². The van der Waals surface area contributed by atoms with Gasteiger partial charge in [0.25, 0.3) is 5.92 Å². The highest BCUT2D eigenvalue weighted by Gasteiger charge is 2.37. The lowest BCUT2D eigenvalue weighted by molar-refractivity contribution is 0.0430. The van der Waals surface area contributed by atoms with Gasteiger partial charge < -0.3 is 9.80 Å². The molecular formula is C42H36F2N4. The zero-order valence-electron chi connectivity index (χ0n) is 30.2. The average molecular weight is 638 g/mol. The lowest BCUT2D eigenvalue weighted by atomic mass is 9.90. The lowest BCUT2D eigenvalue weighted by Crippen LogP contribution is -2.24. The summed E-state index contributed by atoms with van der Waals surface area (Å²) in [7, 11) is 0. The second-order valence-corrected chi connectivity index (χ2v) is 12.9. The van der Waals surface area contributed by atoms with E-state index in [1.165, 1.54) is 17.0 Å². The highest BCUT2D eigenvalue weighted by Crippen LogP contribution is 2.46. The predicted molar refractivity (Wildman–Crippen MR) is 194 cm³/mol. The van der Waals surface area contributed by atoms with E-state index >= 15 is 8.78 Å². The van der Waals surface area contributed by atoms with Crippen LogP contribution in [0.1, 0.15) is 37.5 Å². The predicted octanol–water partition coefficient (Wildman–Crippen LogP) is 10.8. The topological polar surface area (TPSA) is 24.3 Å². The molecule has 0 aliphatic carbocycles. The Morgan fingerprint density at radius 3 is 2.19 bits per heavy atom. The van der Waals surface area contributed by atoms with E-state index in [2.05, 4.69) is 17.1 Å². The summed E-state index contributed by atoms with van der Waals surface area (Å²) >= 11 is 0. The number of halogens is 2. The van der Waals surface area contributed by atoms with Crippen molar-refractivity contribution in [1.29, 1.82) is 0 Å². The van der Waals surface area contributed by atoms with Gasteiger partial charge in [-0.25, -0.2) is 4.98 Å². The van der Waals surface area contributed by atoms with Crippen LogP contribution in [0.3, 0.4) is 0 Å². The van der Waals surface area contributed by atoms with Crippen LogP contribution in [0.25, 0.3) is 38.8 Å². The maximum Gasteiger partial charge on any atom is 0.298 e. The van der Waals surface area contributed by atoms with Crippen LogP contribution in [0.2, 0.25) is 0 Å². The van der Waals surface area contributed by atoms with E-state index in [4.69, 9.17) is 4.11 Å². The largest absolute Gasteiger partial charge is 0.355 e. The van der Waals surface area contributed by atoms with Crippen molar-refractivity contribution in [3.63, 3.8) is 0 Å². The van der Waals surface area contributed by atoms with Gasteiger partial charge in [0.2, 0.25) is 0 Å². The van der Waals surface area contributed by atoms with Gasteiger partial charge in [0.1, 0.15) is 5.82 Å². The molecule has 0 N–H and O–H groups in total. The number of anilines is 3. The number of alkyl halides is 2. The first-order valence-corrected chi connectivity index (χ1v) is 16.0. The maximum atomic E-state index is 17.3. The molecule has 1 aliphatic rings. The Labute approximate surface area is 283 Å². The number of pyridine rings is 1. The molecule has 238 valence electrons. The molecule has 0 saturated heterocycles. The smallest absolute Gasteiger partial charge is 0.298 e. The van der Waals surface area contributed by atoms with Gasteiger partial charge in [0, 0.05) is 44.9 Å². The van der Waals surface area contributed by atoms with E-state index < -0.39 is 12.9 Å². The maximum absolute atomic E-state index is 17.3. The van der Waals surface area contributed by atoms with Gasteiger partial charge in [-0.15, -0.1) is 0 Å². The zero-order chi connectivity index (χ0) is 35.8. The molecule has 4 nitrogen and oxygen atoms in total. The van der Waals surface area contributed by atoms with Gasteiger partial charge >= 0.3 is 0 Å². The molecule has 1 aliphatic heterocycles. The van der Waals surface area contributed by atoms with Crippen LogP contribution >= 0.6 is 0 Å². The van der Waals surface area contributed by atoms with Gasteiger partial charge in [-0.05, 0) is 110 Å². The summed E-state index contributed by atoms with van der Waals surface area (Å²) in [6.45, 7) is 5.56. The number of nitrogens with zero attached hydrogens (tertiary/aromatic N) is 4. The third-order valence-electron chi connectivity index (χ3n) is 9.47. The number of para-hydroxylation sites is 3. The number of hydrogen-bond acceptors (Lipinski definition) is 3. The molecule has 0 amide bonds. The number of fused-ring (bicyclic) bond motifs is 4. The fourth-order valence-corrected chi connectivity index (χ4v) is 7.39. The van der Waals surface area contributed by atoms with Crippen LogP contribution in [0.5, 0.6) is 0 Å². The van der Waals surface area contributed by atoms with Crippen molar-refractivity contribution in [2.75, 3.05) is 23.4 Å². The van der Waals surface area contributed by atoms with Crippen LogP contribution in [-0.2, 0) is 5.92 Å². The van der Waals surface area contributed by atoms with Crippen LogP contribution in [0.15, 0.2) is 115 Å². The van der Waals surface area contributed by atoms with Crippen molar-refractivity contribution in [3.05, 3.63) is 149 Å². The van der Waals surface area contributed by atoms with Crippen LogP contribution in [0, 0.1) is 27.7 Å². The SMILES string of the molecule is [2H]C([2H])([2H])N1CN(c2cc(-c3c(C)cc(C)cc3C)cc(C(F)(F)c3ccc4c5ccccc5n(-c5cc(C)ccn5)c4c3)c2)c2ccccc21. The average Bonchev–Trinajstić information content (AvgIpc) is 3.64. The Kier molecular flexibility index (Phi) is 6.12. The van der Waals surface area contributed by atoms with Crippen LogP contribution < -0.4 is 9.80 Å². The third kappa shape index (κ3) is 4.74. The minimum atomic E-state index is -3.42. The summed E-state index contributed by atoms with van der Waals surface area (Å²) in [5, 5.41) is 1.80. The number of aryl methyl sites for hydroxylation is 4. The fourth-order valence-electron chi connectivity index (χ4n) is 7.39. The van der Waals surface area contributed by atoms with Crippen molar-refractivity contribution in [1.82, 2.24) is 9.55 Å². The second-order valence-electron chi connectivity index (χ2n) is 12.9. The quantitative estimate of drug-likeness (QED) is 0.188. The molecule has 0 fully saturated rings. The Bertz CT molecular complexity index is 2480. The number of aromatic nitrogens is 2. The Hall–Kier alpha value is -5.49. The third-order valence-corrected chi connectivity index (χ3v) is 9.47. The molecule has 48 heavy (non-hydrogen) atoms. The molecule has 2 aromatic heterocycles. The monoisotopic (exact) mass is 637 g/mol. The van der Waals surface area contributed by atoms with Crippen molar-refractivity contribution >= 4 is 38.9 Å². The number of benzene rings is 5. The summed E-state index contributed by atoms with van der Waals surface area (Å²) < 4.78 is 61.2. The molecule has 8 rings (SSSR count). The number of hydrogen-bond donors (Lipinski definition) is 0. The first kappa shape index (κ1) is 26.6. The zero-order valence-corrected chi connectivity index (χ0v) is 27.2. The number of rotatable bonds is 5.